The van der Waals surface area contributed by atoms with E-state index in [1.54, 1.807) is 26.1 Å². The van der Waals surface area contributed by atoms with Gasteiger partial charge >= 0.3 is 0 Å². The van der Waals surface area contributed by atoms with Crippen molar-refractivity contribution in [3.63, 3.8) is 0 Å². The minimum Gasteiger partial charge on any atom is -0.368 e. The van der Waals surface area contributed by atoms with Crippen LogP contribution in [-0.4, -0.2) is 45.7 Å². The Labute approximate surface area is 211 Å². The lowest BCUT2D eigenvalue weighted by Gasteiger charge is -2.29. The zero-order valence-electron chi connectivity index (χ0n) is 20.3. The normalized spacial score (nSPS) is 13.7. The molecule has 2 N–H and O–H groups in total. The van der Waals surface area contributed by atoms with Crippen LogP contribution in [0.1, 0.15) is 25.5 Å². The van der Waals surface area contributed by atoms with Crippen molar-refractivity contribution in [2.75, 3.05) is 36.4 Å². The molecule has 0 unspecified atom stereocenters. The summed E-state index contributed by atoms with van der Waals surface area (Å²) in [7, 11) is 0. The Morgan fingerprint density at radius 2 is 1.86 bits per heavy atom. The molecule has 0 spiro atoms. The maximum absolute atomic E-state index is 15.2. The van der Waals surface area contributed by atoms with Gasteiger partial charge in [0.25, 0.3) is 5.56 Å². The van der Waals surface area contributed by atoms with Crippen LogP contribution < -0.4 is 21.1 Å². The first-order chi connectivity index (χ1) is 17.9. The first kappa shape index (κ1) is 24.3. The highest BCUT2D eigenvalue weighted by atomic mass is 19.1. The number of fused-ring (bicyclic) bond motifs is 1. The lowest BCUT2D eigenvalue weighted by Crippen LogP contribution is -2.43. The van der Waals surface area contributed by atoms with Gasteiger partial charge in [0, 0.05) is 43.2 Å². The maximum Gasteiger partial charge on any atom is 0.269 e. The van der Waals surface area contributed by atoms with Crippen LogP contribution >= 0.6 is 0 Å². The fourth-order valence-corrected chi connectivity index (χ4v) is 4.43. The summed E-state index contributed by atoms with van der Waals surface area (Å²) in [5, 5.41) is 15.7. The molecule has 0 amide bonds. The molecule has 0 bridgehead atoms. The summed E-state index contributed by atoms with van der Waals surface area (Å²) in [5.74, 6) is -0.895. The molecule has 4 heterocycles. The molecule has 37 heavy (non-hydrogen) atoms. The van der Waals surface area contributed by atoms with E-state index in [0.29, 0.717) is 5.82 Å². The number of piperazine rings is 1. The van der Waals surface area contributed by atoms with Crippen molar-refractivity contribution in [2.45, 2.75) is 19.9 Å². The van der Waals surface area contributed by atoms with Crippen molar-refractivity contribution in [3.8, 4) is 17.3 Å². The van der Waals surface area contributed by atoms with E-state index in [0.717, 1.165) is 44.1 Å². The SMILES string of the molecule is CC(C)n1c(=O)c(C#N)cc2c(F)cc(-c3nc(Nc4ccc(N5CCNCC5)cn4)ncc3F)cc21. The summed E-state index contributed by atoms with van der Waals surface area (Å²) < 4.78 is 31.3. The van der Waals surface area contributed by atoms with Crippen molar-refractivity contribution < 1.29 is 8.78 Å². The molecule has 1 aliphatic rings. The average molecular weight is 503 g/mol. The fraction of sp³-hybridized carbons (Fsp3) is 0.269. The van der Waals surface area contributed by atoms with Gasteiger partial charge in [-0.15, -0.1) is 0 Å². The number of benzene rings is 1. The molecular formula is C26H24F2N8O. The predicted octanol–water partition coefficient (Wildman–Crippen LogP) is 3.74. The number of nitrogens with one attached hydrogen (secondary N) is 2. The summed E-state index contributed by atoms with van der Waals surface area (Å²) in [6.45, 7) is 7.11. The Bertz CT molecular complexity index is 1570. The van der Waals surface area contributed by atoms with Crippen LogP contribution in [0, 0.1) is 23.0 Å². The van der Waals surface area contributed by atoms with Gasteiger partial charge in [-0.25, -0.2) is 23.7 Å². The van der Waals surface area contributed by atoms with E-state index in [2.05, 4.69) is 30.5 Å². The van der Waals surface area contributed by atoms with Gasteiger partial charge in [0.05, 0.1) is 23.6 Å². The van der Waals surface area contributed by atoms with Crippen LogP contribution in [0.3, 0.4) is 0 Å². The summed E-state index contributed by atoms with van der Waals surface area (Å²) in [4.78, 5) is 27.7. The van der Waals surface area contributed by atoms with Crippen LogP contribution in [0.4, 0.5) is 26.2 Å². The van der Waals surface area contributed by atoms with E-state index in [1.807, 2.05) is 12.1 Å². The summed E-state index contributed by atoms with van der Waals surface area (Å²) in [6.07, 6.45) is 2.74. The lowest BCUT2D eigenvalue weighted by molar-refractivity contribution is 0.589. The molecule has 5 rings (SSSR count). The van der Waals surface area contributed by atoms with E-state index >= 15 is 4.39 Å². The lowest BCUT2D eigenvalue weighted by atomic mass is 10.0. The van der Waals surface area contributed by atoms with Crippen LogP contribution in [0.25, 0.3) is 22.2 Å². The third-order valence-electron chi connectivity index (χ3n) is 6.23. The Morgan fingerprint density at radius 1 is 1.08 bits per heavy atom. The highest BCUT2D eigenvalue weighted by Crippen LogP contribution is 2.29. The minimum absolute atomic E-state index is 0.0837. The number of aromatic nitrogens is 4. The molecule has 188 valence electrons. The summed E-state index contributed by atoms with van der Waals surface area (Å²) in [6, 6.07) is 9.02. The second-order valence-electron chi connectivity index (χ2n) is 8.98. The molecule has 1 fully saturated rings. The number of pyridine rings is 2. The standard InChI is InChI=1S/C26H24F2N8O/c1-15(2)36-22-11-16(10-20(27)19(22)9-17(12-29)25(36)37)24-21(28)14-32-26(34-24)33-23-4-3-18(13-31-23)35-7-5-30-6-8-35/h3-4,9-11,13-15,30H,5-8H2,1-2H3,(H,31,32,33,34). The molecule has 0 aliphatic carbocycles. The van der Waals surface area contributed by atoms with Crippen molar-refractivity contribution in [3.05, 3.63) is 70.3 Å². The number of halogens is 2. The average Bonchev–Trinajstić information content (AvgIpc) is 2.90. The number of hydrogen-bond donors (Lipinski definition) is 2. The van der Waals surface area contributed by atoms with Crippen LogP contribution in [0.5, 0.6) is 0 Å². The highest BCUT2D eigenvalue weighted by molar-refractivity contribution is 5.86. The smallest absolute Gasteiger partial charge is 0.269 e. The van der Waals surface area contributed by atoms with Gasteiger partial charge in [0.15, 0.2) is 5.82 Å². The largest absolute Gasteiger partial charge is 0.368 e. The first-order valence-electron chi connectivity index (χ1n) is 11.9. The monoisotopic (exact) mass is 502 g/mol. The Balaban J connectivity index is 1.51. The predicted molar refractivity (Wildman–Crippen MR) is 137 cm³/mol. The van der Waals surface area contributed by atoms with E-state index < -0.39 is 17.2 Å². The number of nitriles is 1. The zero-order chi connectivity index (χ0) is 26.1. The molecule has 1 aromatic carbocycles. The van der Waals surface area contributed by atoms with E-state index in [4.69, 9.17) is 0 Å². The molecule has 1 saturated heterocycles. The van der Waals surface area contributed by atoms with Crippen molar-refractivity contribution in [1.82, 2.24) is 24.8 Å². The van der Waals surface area contributed by atoms with Gasteiger partial charge in [-0.3, -0.25) is 4.79 Å². The molecule has 0 atom stereocenters. The molecule has 0 saturated carbocycles. The van der Waals surface area contributed by atoms with Gasteiger partial charge in [0.2, 0.25) is 5.95 Å². The number of hydrogen-bond acceptors (Lipinski definition) is 8. The van der Waals surface area contributed by atoms with Crippen molar-refractivity contribution >= 4 is 28.4 Å². The maximum atomic E-state index is 15.2. The minimum atomic E-state index is -0.751. The summed E-state index contributed by atoms with van der Waals surface area (Å²) >= 11 is 0. The highest BCUT2D eigenvalue weighted by Gasteiger charge is 2.19. The molecule has 1 aliphatic heterocycles. The van der Waals surface area contributed by atoms with Gasteiger partial charge < -0.3 is 20.1 Å². The molecule has 3 aromatic heterocycles. The molecule has 9 nitrogen and oxygen atoms in total. The van der Waals surface area contributed by atoms with Gasteiger partial charge in [-0.05, 0) is 44.2 Å². The quantitative estimate of drug-likeness (QED) is 0.425. The second-order valence-corrected chi connectivity index (χ2v) is 8.98. The Kier molecular flexibility index (Phi) is 6.50. The third-order valence-corrected chi connectivity index (χ3v) is 6.23. The fourth-order valence-electron chi connectivity index (χ4n) is 4.43. The van der Waals surface area contributed by atoms with Crippen molar-refractivity contribution in [2.24, 2.45) is 0 Å². The zero-order valence-corrected chi connectivity index (χ0v) is 20.3. The Hall–Kier alpha value is -4.43. The molecule has 11 heteroatoms. The number of anilines is 3. The van der Waals surface area contributed by atoms with E-state index in [9.17, 15) is 14.4 Å². The van der Waals surface area contributed by atoms with Crippen molar-refractivity contribution in [1.29, 1.82) is 5.26 Å². The van der Waals surface area contributed by atoms with Crippen LogP contribution in [0.2, 0.25) is 0 Å². The van der Waals surface area contributed by atoms with Gasteiger partial charge in [-0.2, -0.15) is 5.26 Å². The third kappa shape index (κ3) is 4.71. The molecular weight excluding hydrogens is 478 g/mol. The van der Waals surface area contributed by atoms with Gasteiger partial charge in [-0.1, -0.05) is 0 Å². The Morgan fingerprint density at radius 3 is 2.54 bits per heavy atom. The van der Waals surface area contributed by atoms with E-state index in [1.165, 1.54) is 16.7 Å². The first-order valence-corrected chi connectivity index (χ1v) is 11.9. The number of rotatable bonds is 5. The van der Waals surface area contributed by atoms with Crippen LogP contribution in [-0.2, 0) is 0 Å². The topological polar surface area (TPSA) is 112 Å². The van der Waals surface area contributed by atoms with E-state index in [-0.39, 0.29) is 39.7 Å². The van der Waals surface area contributed by atoms with Crippen LogP contribution in [0.15, 0.2) is 47.5 Å². The van der Waals surface area contributed by atoms with Gasteiger partial charge in [0.1, 0.15) is 29.0 Å². The second kappa shape index (κ2) is 9.91. The number of nitrogens with zero attached hydrogens (tertiary/aromatic N) is 6. The molecule has 0 radical (unpaired) electrons. The molecule has 4 aromatic rings. The summed E-state index contributed by atoms with van der Waals surface area (Å²) in [5.41, 5.74) is 0.531.